The van der Waals surface area contributed by atoms with E-state index in [1.54, 1.807) is 13.0 Å². The van der Waals surface area contributed by atoms with Crippen LogP contribution in [-0.2, 0) is 4.74 Å². The van der Waals surface area contributed by atoms with Crippen LogP contribution in [0.25, 0.3) is 0 Å². The zero-order valence-electron chi connectivity index (χ0n) is 7.08. The first-order valence-corrected chi connectivity index (χ1v) is 4.53. The number of carbonyl (C=O) groups is 1. The van der Waals surface area contributed by atoms with Crippen molar-refractivity contribution >= 4 is 27.7 Å². The normalized spacial score (nSPS) is 9.69. The van der Waals surface area contributed by atoms with E-state index >= 15 is 0 Å². The van der Waals surface area contributed by atoms with Gasteiger partial charge in [-0.25, -0.2) is 9.78 Å². The lowest BCUT2D eigenvalue weighted by atomic mass is 10.2. The number of hydrogen-bond donors (Lipinski definition) is 1. The smallest absolute Gasteiger partial charge is 0.338 e. The molecular weight excluding hydrogens is 236 g/mol. The van der Waals surface area contributed by atoms with Gasteiger partial charge >= 0.3 is 5.97 Å². The molecule has 1 aromatic heterocycles. The fraction of sp³-hybridized carbons (Fsp3) is 0.250. The molecule has 4 nitrogen and oxygen atoms in total. The Morgan fingerprint density at radius 2 is 2.38 bits per heavy atom. The Kier molecular flexibility index (Phi) is 3.25. The Hall–Kier alpha value is -1.10. The van der Waals surface area contributed by atoms with Crippen molar-refractivity contribution in [3.05, 3.63) is 22.3 Å². The number of rotatable bonds is 2. The van der Waals surface area contributed by atoms with Crippen LogP contribution in [0, 0.1) is 0 Å². The highest BCUT2D eigenvalue weighted by molar-refractivity contribution is 9.10. The third-order valence-electron chi connectivity index (χ3n) is 1.33. The summed E-state index contributed by atoms with van der Waals surface area (Å²) in [6.07, 6.45) is 0. The van der Waals surface area contributed by atoms with E-state index in [-0.39, 0.29) is 5.82 Å². The summed E-state index contributed by atoms with van der Waals surface area (Å²) < 4.78 is 5.32. The van der Waals surface area contributed by atoms with E-state index in [9.17, 15) is 4.79 Å². The number of aromatic nitrogens is 1. The molecule has 0 aromatic carbocycles. The first-order chi connectivity index (χ1) is 6.13. The molecule has 0 spiro atoms. The standard InChI is InChI=1S/C8H9BrN2O2/c1-2-13-8(12)5-3-6(9)11-7(10)4-5/h3-4H,2H2,1H3,(H2,10,11). The summed E-state index contributed by atoms with van der Waals surface area (Å²) in [7, 11) is 0. The Balaban J connectivity index is 2.94. The van der Waals surface area contributed by atoms with Crippen LogP contribution in [-0.4, -0.2) is 17.6 Å². The molecule has 0 unspecified atom stereocenters. The Morgan fingerprint density at radius 1 is 1.69 bits per heavy atom. The molecule has 70 valence electrons. The van der Waals surface area contributed by atoms with E-state index in [2.05, 4.69) is 20.9 Å². The van der Waals surface area contributed by atoms with Gasteiger partial charge in [-0.2, -0.15) is 0 Å². The molecule has 1 heterocycles. The number of halogens is 1. The second-order valence-electron chi connectivity index (χ2n) is 2.32. The predicted molar refractivity (Wildman–Crippen MR) is 52.3 cm³/mol. The molecule has 0 saturated heterocycles. The Morgan fingerprint density at radius 3 is 2.92 bits per heavy atom. The van der Waals surface area contributed by atoms with Gasteiger partial charge in [0.2, 0.25) is 0 Å². The zero-order valence-corrected chi connectivity index (χ0v) is 8.67. The summed E-state index contributed by atoms with van der Waals surface area (Å²) >= 11 is 3.13. The molecule has 0 radical (unpaired) electrons. The van der Waals surface area contributed by atoms with Crippen LogP contribution < -0.4 is 5.73 Å². The monoisotopic (exact) mass is 244 g/mol. The number of nitrogen functional groups attached to an aromatic ring is 1. The maximum absolute atomic E-state index is 11.2. The van der Waals surface area contributed by atoms with E-state index in [4.69, 9.17) is 10.5 Å². The molecule has 0 atom stereocenters. The quantitative estimate of drug-likeness (QED) is 0.634. The molecule has 13 heavy (non-hydrogen) atoms. The molecule has 1 rings (SSSR count). The summed E-state index contributed by atoms with van der Waals surface area (Å²) in [6.45, 7) is 2.09. The molecule has 0 aliphatic heterocycles. The topological polar surface area (TPSA) is 65.2 Å². The lowest BCUT2D eigenvalue weighted by Gasteiger charge is -2.02. The van der Waals surface area contributed by atoms with Crippen molar-refractivity contribution in [1.82, 2.24) is 4.98 Å². The van der Waals surface area contributed by atoms with Crippen LogP contribution in [0.15, 0.2) is 16.7 Å². The van der Waals surface area contributed by atoms with Crippen molar-refractivity contribution in [1.29, 1.82) is 0 Å². The number of nitrogens with zero attached hydrogens (tertiary/aromatic N) is 1. The number of anilines is 1. The van der Waals surface area contributed by atoms with Crippen molar-refractivity contribution in [3.8, 4) is 0 Å². The van der Waals surface area contributed by atoms with Crippen molar-refractivity contribution < 1.29 is 9.53 Å². The van der Waals surface area contributed by atoms with Crippen LogP contribution in [0.1, 0.15) is 17.3 Å². The average Bonchev–Trinajstić information content (AvgIpc) is 2.03. The van der Waals surface area contributed by atoms with Crippen molar-refractivity contribution in [2.75, 3.05) is 12.3 Å². The summed E-state index contributed by atoms with van der Waals surface area (Å²) in [5, 5.41) is 0. The van der Waals surface area contributed by atoms with Gasteiger partial charge in [0.1, 0.15) is 10.4 Å². The van der Waals surface area contributed by atoms with Gasteiger partial charge in [-0.3, -0.25) is 0 Å². The molecule has 1 aromatic rings. The van der Waals surface area contributed by atoms with Gasteiger partial charge in [-0.05, 0) is 35.0 Å². The van der Waals surface area contributed by atoms with Gasteiger partial charge in [0.15, 0.2) is 0 Å². The number of esters is 1. The molecule has 0 aliphatic carbocycles. The van der Waals surface area contributed by atoms with Crippen LogP contribution in [0.3, 0.4) is 0 Å². The van der Waals surface area contributed by atoms with E-state index in [0.717, 1.165) is 0 Å². The highest BCUT2D eigenvalue weighted by Gasteiger charge is 2.08. The Bertz CT molecular complexity index is 308. The van der Waals surface area contributed by atoms with Crippen LogP contribution in [0.5, 0.6) is 0 Å². The zero-order chi connectivity index (χ0) is 9.84. The molecule has 0 fully saturated rings. The van der Waals surface area contributed by atoms with Crippen LogP contribution in [0.4, 0.5) is 5.82 Å². The minimum absolute atomic E-state index is 0.289. The lowest BCUT2D eigenvalue weighted by Crippen LogP contribution is -2.06. The fourth-order valence-corrected chi connectivity index (χ4v) is 1.30. The van der Waals surface area contributed by atoms with Gasteiger partial charge in [0.25, 0.3) is 0 Å². The third kappa shape index (κ3) is 2.69. The number of carbonyl (C=O) groups excluding carboxylic acids is 1. The Labute approximate surface area is 84.2 Å². The fourth-order valence-electron chi connectivity index (χ4n) is 0.849. The highest BCUT2D eigenvalue weighted by atomic mass is 79.9. The summed E-state index contributed by atoms with van der Waals surface area (Å²) in [6, 6.07) is 3.04. The van der Waals surface area contributed by atoms with E-state index in [1.165, 1.54) is 6.07 Å². The largest absolute Gasteiger partial charge is 0.462 e. The SMILES string of the molecule is CCOC(=O)c1cc(N)nc(Br)c1. The first-order valence-electron chi connectivity index (χ1n) is 3.73. The van der Waals surface area contributed by atoms with E-state index < -0.39 is 5.97 Å². The van der Waals surface area contributed by atoms with Gasteiger partial charge in [-0.1, -0.05) is 0 Å². The van der Waals surface area contributed by atoms with Gasteiger partial charge in [0.05, 0.1) is 12.2 Å². The number of nitrogens with two attached hydrogens (primary N) is 1. The first kappa shape index (κ1) is 9.98. The number of hydrogen-bond acceptors (Lipinski definition) is 4. The summed E-state index contributed by atoms with van der Waals surface area (Å²) in [5.41, 5.74) is 5.85. The van der Waals surface area contributed by atoms with E-state index in [0.29, 0.717) is 16.8 Å². The molecule has 0 saturated carbocycles. The molecule has 2 N–H and O–H groups in total. The lowest BCUT2D eigenvalue weighted by molar-refractivity contribution is 0.0526. The van der Waals surface area contributed by atoms with Crippen molar-refractivity contribution in [2.45, 2.75) is 6.92 Å². The molecule has 0 bridgehead atoms. The third-order valence-corrected chi connectivity index (χ3v) is 1.73. The van der Waals surface area contributed by atoms with Gasteiger partial charge in [-0.15, -0.1) is 0 Å². The minimum Gasteiger partial charge on any atom is -0.462 e. The van der Waals surface area contributed by atoms with Gasteiger partial charge < -0.3 is 10.5 Å². The van der Waals surface area contributed by atoms with Crippen molar-refractivity contribution in [3.63, 3.8) is 0 Å². The molecule has 0 aliphatic rings. The molecule has 5 heteroatoms. The molecule has 0 amide bonds. The maximum atomic E-state index is 11.2. The second kappa shape index (κ2) is 4.23. The van der Waals surface area contributed by atoms with Crippen molar-refractivity contribution in [2.24, 2.45) is 0 Å². The molecular formula is C8H9BrN2O2. The average molecular weight is 245 g/mol. The number of pyridine rings is 1. The van der Waals surface area contributed by atoms with Crippen LogP contribution >= 0.6 is 15.9 Å². The maximum Gasteiger partial charge on any atom is 0.338 e. The van der Waals surface area contributed by atoms with Gasteiger partial charge in [0, 0.05) is 0 Å². The minimum atomic E-state index is -0.391. The second-order valence-corrected chi connectivity index (χ2v) is 3.14. The van der Waals surface area contributed by atoms with Crippen LogP contribution in [0.2, 0.25) is 0 Å². The number of ether oxygens (including phenoxy) is 1. The highest BCUT2D eigenvalue weighted by Crippen LogP contribution is 2.13. The van der Waals surface area contributed by atoms with E-state index in [1.807, 2.05) is 0 Å². The summed E-state index contributed by atoms with van der Waals surface area (Å²) in [4.78, 5) is 15.1. The summed E-state index contributed by atoms with van der Waals surface area (Å²) in [5.74, 6) is -0.102. The predicted octanol–water partition coefficient (Wildman–Crippen LogP) is 1.60.